The first-order valence-electron chi connectivity index (χ1n) is 10.9. The van der Waals surface area contributed by atoms with E-state index in [1.54, 1.807) is 18.5 Å². The second-order valence-electron chi connectivity index (χ2n) is 7.65. The van der Waals surface area contributed by atoms with E-state index in [2.05, 4.69) is 27.8 Å². The Morgan fingerprint density at radius 1 is 1.09 bits per heavy atom. The number of nitrogens with zero attached hydrogens (tertiary/aromatic N) is 3. The highest BCUT2D eigenvalue weighted by Gasteiger charge is 2.17. The number of carboxylic acid groups (broad SMARTS) is 1. The standard InChI is InChI=1S/C24H27N5O5S/c1-4-16-5-11-19(12-6-16)34-15(2)22(31)25-13-20-27-28-24(29(20)3)35-14-21(30)26-18-9-7-17(8-10-18)23(32)33/h5-12,15H,4,13-14H2,1-3H3,(H,25,31)(H,26,30)(H,32,33)/t15-/m0/s1. The smallest absolute Gasteiger partial charge is 0.335 e. The molecule has 184 valence electrons. The number of aromatic nitrogens is 3. The fourth-order valence-electron chi connectivity index (χ4n) is 3.02. The molecular weight excluding hydrogens is 470 g/mol. The largest absolute Gasteiger partial charge is 0.481 e. The van der Waals surface area contributed by atoms with Gasteiger partial charge in [-0.1, -0.05) is 30.8 Å². The number of hydrogen-bond donors (Lipinski definition) is 3. The molecule has 0 radical (unpaired) electrons. The number of anilines is 1. The predicted octanol–water partition coefficient (Wildman–Crippen LogP) is 2.89. The fraction of sp³-hybridized carbons (Fsp3) is 0.292. The lowest BCUT2D eigenvalue weighted by atomic mass is 10.2. The number of rotatable bonds is 11. The zero-order valence-electron chi connectivity index (χ0n) is 19.6. The maximum atomic E-state index is 12.4. The summed E-state index contributed by atoms with van der Waals surface area (Å²) in [5.41, 5.74) is 1.83. The molecule has 1 atom stereocenters. The molecule has 0 fully saturated rings. The van der Waals surface area contributed by atoms with Gasteiger partial charge >= 0.3 is 5.97 Å². The number of thioether (sulfide) groups is 1. The van der Waals surface area contributed by atoms with Crippen molar-refractivity contribution in [1.82, 2.24) is 20.1 Å². The summed E-state index contributed by atoms with van der Waals surface area (Å²) in [5.74, 6) is -0.343. The van der Waals surface area contributed by atoms with Gasteiger partial charge in [0.2, 0.25) is 5.91 Å². The van der Waals surface area contributed by atoms with Gasteiger partial charge in [0, 0.05) is 12.7 Å². The van der Waals surface area contributed by atoms with Crippen molar-refractivity contribution in [3.63, 3.8) is 0 Å². The number of carbonyl (C=O) groups is 3. The Bertz CT molecular complexity index is 1180. The van der Waals surface area contributed by atoms with Crippen LogP contribution in [0.25, 0.3) is 0 Å². The number of nitrogens with one attached hydrogen (secondary N) is 2. The fourth-order valence-corrected chi connectivity index (χ4v) is 3.75. The molecule has 3 aromatic rings. The van der Waals surface area contributed by atoms with Crippen molar-refractivity contribution in [2.24, 2.45) is 7.05 Å². The third-order valence-electron chi connectivity index (χ3n) is 5.11. The van der Waals surface area contributed by atoms with Crippen molar-refractivity contribution in [3.05, 3.63) is 65.5 Å². The summed E-state index contributed by atoms with van der Waals surface area (Å²) in [5, 5.41) is 23.1. The number of aryl methyl sites for hydroxylation is 1. The average Bonchev–Trinajstić information content (AvgIpc) is 3.21. The number of carbonyl (C=O) groups excluding carboxylic acids is 2. The normalized spacial score (nSPS) is 11.5. The highest BCUT2D eigenvalue weighted by Crippen LogP contribution is 2.17. The molecule has 10 nitrogen and oxygen atoms in total. The van der Waals surface area contributed by atoms with Gasteiger partial charge < -0.3 is 25.0 Å². The zero-order valence-corrected chi connectivity index (χ0v) is 20.5. The Labute approximate surface area is 207 Å². The lowest BCUT2D eigenvalue weighted by Crippen LogP contribution is -2.36. The van der Waals surface area contributed by atoms with Crippen LogP contribution in [0.5, 0.6) is 5.75 Å². The van der Waals surface area contributed by atoms with Crippen LogP contribution >= 0.6 is 11.8 Å². The minimum atomic E-state index is -1.03. The van der Waals surface area contributed by atoms with Gasteiger partial charge in [-0.05, 0) is 55.3 Å². The van der Waals surface area contributed by atoms with Crippen molar-refractivity contribution < 1.29 is 24.2 Å². The molecule has 0 bridgehead atoms. The maximum absolute atomic E-state index is 12.4. The summed E-state index contributed by atoms with van der Waals surface area (Å²) in [6, 6.07) is 13.5. The maximum Gasteiger partial charge on any atom is 0.335 e. The molecule has 1 aromatic heterocycles. The van der Waals surface area contributed by atoms with Crippen LogP contribution in [0.3, 0.4) is 0 Å². The molecule has 2 amide bonds. The van der Waals surface area contributed by atoms with Crippen molar-refractivity contribution in [1.29, 1.82) is 0 Å². The van der Waals surface area contributed by atoms with Gasteiger partial charge in [0.25, 0.3) is 5.91 Å². The van der Waals surface area contributed by atoms with Gasteiger partial charge in [-0.25, -0.2) is 4.79 Å². The topological polar surface area (TPSA) is 135 Å². The molecule has 35 heavy (non-hydrogen) atoms. The summed E-state index contributed by atoms with van der Waals surface area (Å²) in [6.45, 7) is 3.91. The van der Waals surface area contributed by atoms with Gasteiger partial charge in [-0.2, -0.15) is 0 Å². The third kappa shape index (κ3) is 7.31. The van der Waals surface area contributed by atoms with E-state index in [1.807, 2.05) is 24.3 Å². The minimum absolute atomic E-state index is 0.0840. The van der Waals surface area contributed by atoms with Gasteiger partial charge in [0.1, 0.15) is 5.75 Å². The van der Waals surface area contributed by atoms with E-state index in [1.165, 1.54) is 41.6 Å². The predicted molar refractivity (Wildman–Crippen MR) is 132 cm³/mol. The molecule has 0 saturated heterocycles. The number of amides is 2. The molecule has 1 heterocycles. The van der Waals surface area contributed by atoms with Crippen molar-refractivity contribution in [2.75, 3.05) is 11.1 Å². The number of aromatic carboxylic acids is 1. The van der Waals surface area contributed by atoms with Crippen LogP contribution in [0.15, 0.2) is 53.7 Å². The second-order valence-corrected chi connectivity index (χ2v) is 8.60. The Kier molecular flexibility index (Phi) is 8.85. The second kappa shape index (κ2) is 12.0. The van der Waals surface area contributed by atoms with E-state index >= 15 is 0 Å². The first-order valence-corrected chi connectivity index (χ1v) is 11.9. The van der Waals surface area contributed by atoms with E-state index in [9.17, 15) is 14.4 Å². The van der Waals surface area contributed by atoms with E-state index < -0.39 is 12.1 Å². The van der Waals surface area contributed by atoms with Crippen molar-refractivity contribution in [3.8, 4) is 5.75 Å². The average molecular weight is 498 g/mol. The van der Waals surface area contributed by atoms with E-state index in [-0.39, 0.29) is 29.7 Å². The third-order valence-corrected chi connectivity index (χ3v) is 6.13. The lowest BCUT2D eigenvalue weighted by molar-refractivity contribution is -0.127. The molecule has 3 rings (SSSR count). The molecule has 3 N–H and O–H groups in total. The Balaban J connectivity index is 1.46. The van der Waals surface area contributed by atoms with Crippen molar-refractivity contribution in [2.45, 2.75) is 38.1 Å². The molecule has 0 aliphatic rings. The first kappa shape index (κ1) is 25.8. The summed E-state index contributed by atoms with van der Waals surface area (Å²) >= 11 is 1.19. The summed E-state index contributed by atoms with van der Waals surface area (Å²) in [7, 11) is 1.75. The molecule has 0 aliphatic heterocycles. The number of benzene rings is 2. The van der Waals surface area contributed by atoms with Gasteiger partial charge in [-0.3, -0.25) is 9.59 Å². The highest BCUT2D eigenvalue weighted by molar-refractivity contribution is 7.99. The van der Waals surface area contributed by atoms with E-state index in [0.29, 0.717) is 22.4 Å². The monoisotopic (exact) mass is 497 g/mol. The van der Waals surface area contributed by atoms with Crippen LogP contribution in [-0.4, -0.2) is 49.5 Å². The number of ether oxygens (including phenoxy) is 1. The first-order chi connectivity index (χ1) is 16.8. The summed E-state index contributed by atoms with van der Waals surface area (Å²) < 4.78 is 7.40. The molecule has 2 aromatic carbocycles. The SMILES string of the molecule is CCc1ccc(O[C@@H](C)C(=O)NCc2nnc(SCC(=O)Nc3ccc(C(=O)O)cc3)n2C)cc1. The van der Waals surface area contributed by atoms with Crippen LogP contribution in [0.2, 0.25) is 0 Å². The van der Waals surface area contributed by atoms with E-state index in [4.69, 9.17) is 9.84 Å². The molecule has 0 spiro atoms. The molecular formula is C24H27N5O5S. The highest BCUT2D eigenvalue weighted by atomic mass is 32.2. The van der Waals surface area contributed by atoms with Crippen LogP contribution < -0.4 is 15.4 Å². The van der Waals surface area contributed by atoms with Gasteiger partial charge in [-0.15, -0.1) is 10.2 Å². The lowest BCUT2D eigenvalue weighted by Gasteiger charge is -2.15. The van der Waals surface area contributed by atoms with Crippen LogP contribution in [0, 0.1) is 0 Å². The van der Waals surface area contributed by atoms with Gasteiger partial charge in [0.15, 0.2) is 17.1 Å². The minimum Gasteiger partial charge on any atom is -0.481 e. The van der Waals surface area contributed by atoms with E-state index in [0.717, 1.165) is 6.42 Å². The Morgan fingerprint density at radius 2 is 1.77 bits per heavy atom. The quantitative estimate of drug-likeness (QED) is 0.344. The molecule has 11 heteroatoms. The Morgan fingerprint density at radius 3 is 2.40 bits per heavy atom. The van der Waals surface area contributed by atoms with Crippen LogP contribution in [0.1, 0.15) is 35.6 Å². The molecule has 0 saturated carbocycles. The van der Waals surface area contributed by atoms with Crippen molar-refractivity contribution >= 4 is 35.2 Å². The zero-order chi connectivity index (χ0) is 25.4. The Hall–Kier alpha value is -3.86. The number of carboxylic acids is 1. The van der Waals surface area contributed by atoms with Crippen LogP contribution in [-0.2, 0) is 29.6 Å². The number of hydrogen-bond acceptors (Lipinski definition) is 7. The van der Waals surface area contributed by atoms with Crippen LogP contribution in [0.4, 0.5) is 5.69 Å². The summed E-state index contributed by atoms with van der Waals surface area (Å²) in [6.07, 6.45) is 0.249. The molecule has 0 unspecified atom stereocenters. The van der Waals surface area contributed by atoms with Gasteiger partial charge in [0.05, 0.1) is 17.9 Å². The molecule has 0 aliphatic carbocycles. The summed E-state index contributed by atoms with van der Waals surface area (Å²) in [4.78, 5) is 35.6.